The van der Waals surface area contributed by atoms with Gasteiger partial charge in [0.2, 0.25) is 0 Å². The van der Waals surface area contributed by atoms with Crippen molar-refractivity contribution in [3.63, 3.8) is 0 Å². The van der Waals surface area contributed by atoms with Crippen LogP contribution in [0.4, 0.5) is 27.8 Å². The molecule has 0 saturated carbocycles. The average Bonchev–Trinajstić information content (AvgIpc) is 2.27. The third-order valence-electron chi connectivity index (χ3n) is 2.16. The van der Waals surface area contributed by atoms with Crippen LogP contribution in [0.5, 0.6) is 0 Å². The van der Waals surface area contributed by atoms with Gasteiger partial charge in [0.15, 0.2) is 0 Å². The van der Waals surface area contributed by atoms with Gasteiger partial charge in [-0.05, 0) is 12.1 Å². The molecule has 1 rings (SSSR count). The normalized spacial score (nSPS) is 11.9. The van der Waals surface area contributed by atoms with Crippen molar-refractivity contribution in [1.29, 1.82) is 0 Å². The molecule has 0 saturated heterocycles. The third-order valence-corrected chi connectivity index (χ3v) is 2.16. The molecule has 0 aromatic carbocycles. The van der Waals surface area contributed by atoms with Crippen molar-refractivity contribution in [2.75, 3.05) is 24.5 Å². The summed E-state index contributed by atoms with van der Waals surface area (Å²) in [7, 11) is 0. The van der Waals surface area contributed by atoms with Crippen molar-refractivity contribution < 1.29 is 22.0 Å². The number of aromatic nitrogens is 1. The van der Waals surface area contributed by atoms with Crippen LogP contribution in [0.1, 0.15) is 5.56 Å². The Morgan fingerprint density at radius 3 is 2.33 bits per heavy atom. The number of hydrogen-bond donors (Lipinski definition) is 1. The molecular weight excluding hydrogens is 257 g/mol. The van der Waals surface area contributed by atoms with Gasteiger partial charge in [-0.2, -0.15) is 13.2 Å². The molecular formula is C10H12F5N3. The van der Waals surface area contributed by atoms with Crippen LogP contribution in [0.2, 0.25) is 0 Å². The first kappa shape index (κ1) is 14.6. The highest BCUT2D eigenvalue weighted by Crippen LogP contribution is 2.29. The zero-order valence-electron chi connectivity index (χ0n) is 9.29. The minimum atomic E-state index is -4.49. The van der Waals surface area contributed by atoms with E-state index in [1.165, 1.54) is 0 Å². The molecule has 0 amide bonds. The number of hydrogen-bond acceptors (Lipinski definition) is 3. The molecule has 0 radical (unpaired) electrons. The van der Waals surface area contributed by atoms with Crippen LogP contribution in [0, 0.1) is 0 Å². The van der Waals surface area contributed by atoms with Crippen LogP contribution < -0.4 is 10.6 Å². The molecule has 18 heavy (non-hydrogen) atoms. The van der Waals surface area contributed by atoms with Crippen molar-refractivity contribution in [2.45, 2.75) is 12.6 Å². The van der Waals surface area contributed by atoms with E-state index in [4.69, 9.17) is 5.73 Å². The monoisotopic (exact) mass is 269 g/mol. The predicted octanol–water partition coefficient (Wildman–Crippen LogP) is 2.13. The Kier molecular flexibility index (Phi) is 4.83. The van der Waals surface area contributed by atoms with E-state index >= 15 is 0 Å². The Morgan fingerprint density at radius 2 is 1.94 bits per heavy atom. The van der Waals surface area contributed by atoms with E-state index in [0.29, 0.717) is 6.20 Å². The van der Waals surface area contributed by atoms with Crippen LogP contribution in [0.15, 0.2) is 18.3 Å². The van der Waals surface area contributed by atoms with Gasteiger partial charge in [-0.25, -0.2) is 13.8 Å². The smallest absolute Gasteiger partial charge is 0.350 e. The van der Waals surface area contributed by atoms with Crippen molar-refractivity contribution >= 4 is 5.82 Å². The summed E-state index contributed by atoms with van der Waals surface area (Å²) < 4.78 is 61.4. The average molecular weight is 269 g/mol. The van der Waals surface area contributed by atoms with Crippen LogP contribution in [0.25, 0.3) is 0 Å². The van der Waals surface area contributed by atoms with Crippen LogP contribution in [-0.2, 0) is 6.18 Å². The highest BCUT2D eigenvalue weighted by atomic mass is 19.4. The van der Waals surface area contributed by atoms with Crippen LogP contribution in [0.3, 0.4) is 0 Å². The molecule has 0 unspecified atom stereocenters. The van der Waals surface area contributed by atoms with E-state index in [2.05, 4.69) is 4.98 Å². The molecule has 0 bridgehead atoms. The van der Waals surface area contributed by atoms with Gasteiger partial charge in [-0.15, -0.1) is 0 Å². The zero-order chi connectivity index (χ0) is 13.8. The molecule has 0 atom stereocenters. The molecule has 0 aliphatic heterocycles. The van der Waals surface area contributed by atoms with Crippen LogP contribution in [-0.4, -0.2) is 31.0 Å². The van der Waals surface area contributed by atoms with Gasteiger partial charge in [0, 0.05) is 19.3 Å². The maximum Gasteiger partial charge on any atom is 0.417 e. The Balaban J connectivity index is 2.86. The lowest BCUT2D eigenvalue weighted by Crippen LogP contribution is -2.34. The topological polar surface area (TPSA) is 42.1 Å². The van der Waals surface area contributed by atoms with Crippen molar-refractivity contribution in [3.05, 3.63) is 23.9 Å². The highest BCUT2D eigenvalue weighted by molar-refractivity contribution is 5.39. The quantitative estimate of drug-likeness (QED) is 0.833. The number of nitrogens with two attached hydrogens (primary N) is 1. The number of halogens is 5. The van der Waals surface area contributed by atoms with E-state index in [1.54, 1.807) is 0 Å². The number of alkyl halides is 5. The molecule has 0 fully saturated rings. The van der Waals surface area contributed by atoms with E-state index in [1.807, 2.05) is 0 Å². The number of rotatable bonds is 5. The largest absolute Gasteiger partial charge is 0.417 e. The Hall–Kier alpha value is -1.44. The second-order valence-corrected chi connectivity index (χ2v) is 3.53. The minimum Gasteiger partial charge on any atom is -0.350 e. The van der Waals surface area contributed by atoms with Gasteiger partial charge in [-0.3, -0.25) is 0 Å². The Labute approximate surface area is 100 Å². The summed E-state index contributed by atoms with van der Waals surface area (Å²) in [6.07, 6.45) is -6.49. The molecule has 3 nitrogen and oxygen atoms in total. The number of pyridine rings is 1. The fourth-order valence-corrected chi connectivity index (χ4v) is 1.36. The summed E-state index contributed by atoms with van der Waals surface area (Å²) in [4.78, 5) is 4.68. The Bertz CT molecular complexity index is 363. The number of nitrogens with zero attached hydrogens (tertiary/aromatic N) is 2. The summed E-state index contributed by atoms with van der Waals surface area (Å²) in [6, 6.07) is 1.86. The van der Waals surface area contributed by atoms with Crippen molar-refractivity contribution in [1.82, 2.24) is 4.98 Å². The van der Waals surface area contributed by atoms with E-state index in [0.717, 1.165) is 17.0 Å². The lowest BCUT2D eigenvalue weighted by molar-refractivity contribution is -0.137. The minimum absolute atomic E-state index is 0.0498. The maximum atomic E-state index is 12.3. The molecule has 0 aliphatic carbocycles. The lowest BCUT2D eigenvalue weighted by Gasteiger charge is -2.22. The molecule has 0 spiro atoms. The van der Waals surface area contributed by atoms with Gasteiger partial charge in [0.05, 0.1) is 12.1 Å². The summed E-state index contributed by atoms with van der Waals surface area (Å²) in [5.74, 6) is 0.0498. The summed E-state index contributed by atoms with van der Waals surface area (Å²) in [5, 5.41) is 0. The maximum absolute atomic E-state index is 12.3. The lowest BCUT2D eigenvalue weighted by atomic mass is 10.2. The van der Waals surface area contributed by atoms with Gasteiger partial charge < -0.3 is 10.6 Å². The van der Waals surface area contributed by atoms with Gasteiger partial charge in [0.1, 0.15) is 5.82 Å². The molecule has 102 valence electrons. The first-order chi connectivity index (χ1) is 8.34. The fraction of sp³-hybridized carbons (Fsp3) is 0.500. The van der Waals surface area contributed by atoms with Gasteiger partial charge in [-0.1, -0.05) is 0 Å². The van der Waals surface area contributed by atoms with Crippen LogP contribution >= 0.6 is 0 Å². The predicted molar refractivity (Wildman–Crippen MR) is 56.5 cm³/mol. The summed E-state index contributed by atoms with van der Waals surface area (Å²) in [6.45, 7) is -0.409. The SMILES string of the molecule is NCCN(CC(F)F)c1ccc(C(F)(F)F)cn1. The molecule has 1 aromatic heterocycles. The molecule has 1 heterocycles. The zero-order valence-corrected chi connectivity index (χ0v) is 9.29. The van der Waals surface area contributed by atoms with Crippen molar-refractivity contribution in [2.24, 2.45) is 5.73 Å². The van der Waals surface area contributed by atoms with Crippen molar-refractivity contribution in [3.8, 4) is 0 Å². The second-order valence-electron chi connectivity index (χ2n) is 3.53. The summed E-state index contributed by atoms with van der Waals surface area (Å²) in [5.41, 5.74) is 4.33. The van der Waals surface area contributed by atoms with E-state index < -0.39 is 24.7 Å². The third kappa shape index (κ3) is 4.10. The molecule has 0 aliphatic rings. The van der Waals surface area contributed by atoms with Gasteiger partial charge in [0.25, 0.3) is 6.43 Å². The fourth-order valence-electron chi connectivity index (χ4n) is 1.36. The molecule has 2 N–H and O–H groups in total. The van der Waals surface area contributed by atoms with E-state index in [9.17, 15) is 22.0 Å². The standard InChI is InChI=1S/C10H12F5N3/c11-8(12)6-18(4-3-16)9-2-1-7(5-17-9)10(13,14)15/h1-2,5,8H,3-4,6,16H2. The highest BCUT2D eigenvalue weighted by Gasteiger charge is 2.30. The van der Waals surface area contributed by atoms with Gasteiger partial charge >= 0.3 is 6.18 Å². The first-order valence-corrected chi connectivity index (χ1v) is 5.11. The molecule has 8 heteroatoms. The Morgan fingerprint density at radius 1 is 1.28 bits per heavy atom. The second kappa shape index (κ2) is 5.94. The molecule has 1 aromatic rings. The number of anilines is 1. The first-order valence-electron chi connectivity index (χ1n) is 5.11. The van der Waals surface area contributed by atoms with E-state index in [-0.39, 0.29) is 18.9 Å². The summed E-state index contributed by atoms with van der Waals surface area (Å²) >= 11 is 0.